The van der Waals surface area contributed by atoms with Crippen LogP contribution in [0.3, 0.4) is 0 Å². The summed E-state index contributed by atoms with van der Waals surface area (Å²) >= 11 is 0. The highest BCUT2D eigenvalue weighted by Gasteiger charge is 2.30. The minimum Gasteiger partial charge on any atom is -0.496 e. The summed E-state index contributed by atoms with van der Waals surface area (Å²) in [6, 6.07) is 4.40. The number of nitrogens with two attached hydrogens (primary N) is 1. The van der Waals surface area contributed by atoms with Gasteiger partial charge in [-0.3, -0.25) is 0 Å². The molecule has 1 rings (SSSR count). The largest absolute Gasteiger partial charge is 0.496 e. The third kappa shape index (κ3) is 2.65. The molecule has 0 amide bonds. The monoisotopic (exact) mass is 215 g/mol. The zero-order chi connectivity index (χ0) is 11.5. The van der Waals surface area contributed by atoms with Crippen LogP contribution in [0, 0.1) is 6.92 Å². The van der Waals surface area contributed by atoms with Gasteiger partial charge in [0.15, 0.2) is 0 Å². The number of methoxy groups -OCH3 is 1. The first-order valence-corrected chi connectivity index (χ1v) is 4.74. The molecule has 4 heteroatoms. The van der Waals surface area contributed by atoms with E-state index in [4.69, 9.17) is 10.5 Å². The molecule has 0 saturated carbocycles. The van der Waals surface area contributed by atoms with Gasteiger partial charge >= 0.3 is 0 Å². The molecule has 84 valence electrons. The highest BCUT2D eigenvalue weighted by atomic mass is 19.3. The predicted molar refractivity (Wildman–Crippen MR) is 55.3 cm³/mol. The van der Waals surface area contributed by atoms with Crippen molar-refractivity contribution in [3.63, 3.8) is 0 Å². The van der Waals surface area contributed by atoms with Crippen molar-refractivity contribution < 1.29 is 13.5 Å². The smallest absolute Gasteiger partial charge is 0.274 e. The van der Waals surface area contributed by atoms with Crippen molar-refractivity contribution in [2.75, 3.05) is 13.7 Å². The minimum absolute atomic E-state index is 0.0385. The first-order valence-electron chi connectivity index (χ1n) is 4.74. The van der Waals surface area contributed by atoms with E-state index in [-0.39, 0.29) is 18.5 Å². The van der Waals surface area contributed by atoms with Crippen molar-refractivity contribution in [2.24, 2.45) is 5.73 Å². The molecule has 0 aliphatic heterocycles. The highest BCUT2D eigenvalue weighted by molar-refractivity contribution is 5.38. The van der Waals surface area contributed by atoms with Crippen LogP contribution in [-0.4, -0.2) is 13.7 Å². The van der Waals surface area contributed by atoms with Crippen LogP contribution in [0.1, 0.15) is 17.5 Å². The molecular weight excluding hydrogens is 200 g/mol. The summed E-state index contributed by atoms with van der Waals surface area (Å²) in [5, 5.41) is 0. The van der Waals surface area contributed by atoms with Crippen molar-refractivity contribution in [3.05, 3.63) is 29.3 Å². The van der Waals surface area contributed by atoms with Crippen LogP contribution in [-0.2, 0) is 5.92 Å². The zero-order valence-corrected chi connectivity index (χ0v) is 8.89. The summed E-state index contributed by atoms with van der Waals surface area (Å²) in [5.74, 6) is -2.40. The molecule has 0 unspecified atom stereocenters. The summed E-state index contributed by atoms with van der Waals surface area (Å²) in [7, 11) is 1.47. The van der Waals surface area contributed by atoms with Gasteiger partial charge in [0.2, 0.25) is 0 Å². The van der Waals surface area contributed by atoms with E-state index < -0.39 is 5.92 Å². The van der Waals surface area contributed by atoms with Crippen LogP contribution in [0.25, 0.3) is 0 Å². The normalized spacial score (nSPS) is 11.5. The third-order valence-electron chi connectivity index (χ3n) is 2.29. The fraction of sp³-hybridized carbons (Fsp3) is 0.455. The molecule has 1 aromatic rings. The Morgan fingerprint density at radius 2 is 2.07 bits per heavy atom. The maximum atomic E-state index is 13.5. The molecule has 0 aliphatic carbocycles. The lowest BCUT2D eigenvalue weighted by molar-refractivity contribution is -0.0109. The molecule has 0 heterocycles. The molecule has 1 aromatic carbocycles. The average molecular weight is 215 g/mol. The quantitative estimate of drug-likeness (QED) is 0.837. The lowest BCUT2D eigenvalue weighted by atomic mass is 10.0. The molecule has 0 aromatic heterocycles. The van der Waals surface area contributed by atoms with E-state index >= 15 is 0 Å². The first kappa shape index (κ1) is 11.9. The molecule has 0 atom stereocenters. The molecule has 0 bridgehead atoms. The Kier molecular flexibility index (Phi) is 3.63. The average Bonchev–Trinajstić information content (AvgIpc) is 2.18. The Balaban J connectivity index is 3.04. The standard InChI is InChI=1S/C11H15F2NO/c1-8-3-4-9(7-10(8)15-2)11(12,13)5-6-14/h3-4,7H,5-6,14H2,1-2H3. The van der Waals surface area contributed by atoms with Gasteiger partial charge in [0.1, 0.15) is 5.75 Å². The van der Waals surface area contributed by atoms with Gasteiger partial charge in [-0.15, -0.1) is 0 Å². The van der Waals surface area contributed by atoms with Crippen LogP contribution in [0.2, 0.25) is 0 Å². The van der Waals surface area contributed by atoms with Gasteiger partial charge in [-0.05, 0) is 25.1 Å². The van der Waals surface area contributed by atoms with E-state index in [1.807, 2.05) is 6.92 Å². The fourth-order valence-corrected chi connectivity index (χ4v) is 1.37. The maximum absolute atomic E-state index is 13.5. The minimum atomic E-state index is -2.88. The van der Waals surface area contributed by atoms with E-state index in [0.717, 1.165) is 5.56 Å². The van der Waals surface area contributed by atoms with Crippen molar-refractivity contribution in [2.45, 2.75) is 19.3 Å². The van der Waals surface area contributed by atoms with Crippen molar-refractivity contribution in [1.82, 2.24) is 0 Å². The Hall–Kier alpha value is -1.16. The summed E-state index contributed by atoms with van der Waals surface area (Å²) in [6.45, 7) is 1.77. The molecule has 0 spiro atoms. The van der Waals surface area contributed by atoms with E-state index in [1.54, 1.807) is 6.07 Å². The lowest BCUT2D eigenvalue weighted by Gasteiger charge is -2.17. The zero-order valence-electron chi connectivity index (χ0n) is 8.89. The molecule has 0 aliphatic rings. The first-order chi connectivity index (χ1) is 7.01. The van der Waals surface area contributed by atoms with E-state index in [9.17, 15) is 8.78 Å². The summed E-state index contributed by atoms with van der Waals surface area (Å²) in [6.07, 6.45) is -0.348. The lowest BCUT2D eigenvalue weighted by Crippen LogP contribution is -2.18. The highest BCUT2D eigenvalue weighted by Crippen LogP contribution is 2.34. The second-order valence-corrected chi connectivity index (χ2v) is 3.43. The van der Waals surface area contributed by atoms with Crippen LogP contribution in [0.15, 0.2) is 18.2 Å². The van der Waals surface area contributed by atoms with Gasteiger partial charge in [0.25, 0.3) is 5.92 Å². The number of alkyl halides is 2. The molecule has 2 nitrogen and oxygen atoms in total. The number of halogens is 2. The van der Waals surface area contributed by atoms with Gasteiger partial charge in [0, 0.05) is 12.0 Å². The van der Waals surface area contributed by atoms with Gasteiger partial charge in [-0.1, -0.05) is 12.1 Å². The van der Waals surface area contributed by atoms with Crippen molar-refractivity contribution >= 4 is 0 Å². The number of hydrogen-bond donors (Lipinski definition) is 1. The molecule has 2 N–H and O–H groups in total. The number of aryl methyl sites for hydroxylation is 1. The van der Waals surface area contributed by atoms with Crippen LogP contribution >= 0.6 is 0 Å². The van der Waals surface area contributed by atoms with E-state index in [2.05, 4.69) is 0 Å². The summed E-state index contributed by atoms with van der Waals surface area (Å²) in [4.78, 5) is 0. The van der Waals surface area contributed by atoms with Crippen LogP contribution in [0.5, 0.6) is 5.75 Å². The van der Waals surface area contributed by atoms with Crippen LogP contribution in [0.4, 0.5) is 8.78 Å². The molecule has 15 heavy (non-hydrogen) atoms. The number of hydrogen-bond acceptors (Lipinski definition) is 2. The van der Waals surface area contributed by atoms with Crippen molar-refractivity contribution in [3.8, 4) is 5.75 Å². The molecular formula is C11H15F2NO. The topological polar surface area (TPSA) is 35.2 Å². The second kappa shape index (κ2) is 4.57. The van der Waals surface area contributed by atoms with E-state index in [1.165, 1.54) is 19.2 Å². The summed E-state index contributed by atoms with van der Waals surface area (Å²) in [5.41, 5.74) is 5.93. The number of rotatable bonds is 4. The maximum Gasteiger partial charge on any atom is 0.274 e. The Labute approximate surface area is 88.0 Å². The predicted octanol–water partition coefficient (Wildman–Crippen LogP) is 2.44. The second-order valence-electron chi connectivity index (χ2n) is 3.43. The molecule has 0 saturated heterocycles. The number of ether oxygens (including phenoxy) is 1. The Morgan fingerprint density at radius 3 is 2.60 bits per heavy atom. The van der Waals surface area contributed by atoms with Crippen LogP contribution < -0.4 is 10.5 Å². The summed E-state index contributed by atoms with van der Waals surface area (Å²) < 4.78 is 31.9. The molecule has 0 radical (unpaired) electrons. The van der Waals surface area contributed by atoms with Gasteiger partial charge in [-0.2, -0.15) is 0 Å². The third-order valence-corrected chi connectivity index (χ3v) is 2.29. The Morgan fingerprint density at radius 1 is 1.40 bits per heavy atom. The number of benzene rings is 1. The molecule has 0 fully saturated rings. The van der Waals surface area contributed by atoms with Gasteiger partial charge in [-0.25, -0.2) is 8.78 Å². The van der Waals surface area contributed by atoms with Gasteiger partial charge in [0.05, 0.1) is 7.11 Å². The SMILES string of the molecule is COc1cc(C(F)(F)CCN)ccc1C. The van der Waals surface area contributed by atoms with Crippen molar-refractivity contribution in [1.29, 1.82) is 0 Å². The van der Waals surface area contributed by atoms with Gasteiger partial charge < -0.3 is 10.5 Å². The Bertz CT molecular complexity index is 339. The fourth-order valence-electron chi connectivity index (χ4n) is 1.37. The van der Waals surface area contributed by atoms with E-state index in [0.29, 0.717) is 5.75 Å².